The van der Waals surface area contributed by atoms with E-state index < -0.39 is 0 Å². The second-order valence-corrected chi connectivity index (χ2v) is 6.57. The second kappa shape index (κ2) is 6.67. The molecule has 0 fully saturated rings. The summed E-state index contributed by atoms with van der Waals surface area (Å²) in [6.45, 7) is 5.12. The Morgan fingerprint density at radius 1 is 1.37 bits per heavy atom. The standard InChI is InChI=1S/C15H21ClN2S/c1-11-6-7-13-14(10-11)18(8-4-5-9-19-3)15(17-13)12(2)16/h6-7,10,12H,4-5,8-9H2,1-3H3. The van der Waals surface area contributed by atoms with Gasteiger partial charge in [0.05, 0.1) is 16.4 Å². The maximum atomic E-state index is 6.27. The number of aromatic nitrogens is 2. The van der Waals surface area contributed by atoms with E-state index >= 15 is 0 Å². The van der Waals surface area contributed by atoms with Crippen LogP contribution in [0.5, 0.6) is 0 Å². The number of benzene rings is 1. The Bertz CT molecular complexity index is 548. The Labute approximate surface area is 124 Å². The number of hydrogen-bond acceptors (Lipinski definition) is 2. The molecule has 1 unspecified atom stereocenters. The summed E-state index contributed by atoms with van der Waals surface area (Å²) < 4.78 is 2.29. The van der Waals surface area contributed by atoms with Gasteiger partial charge in [0.15, 0.2) is 0 Å². The van der Waals surface area contributed by atoms with E-state index in [1.165, 1.54) is 29.7 Å². The summed E-state index contributed by atoms with van der Waals surface area (Å²) in [5.74, 6) is 2.21. The number of fused-ring (bicyclic) bond motifs is 1. The molecule has 0 bridgehead atoms. The molecule has 0 aliphatic rings. The Morgan fingerprint density at radius 3 is 2.84 bits per heavy atom. The predicted molar refractivity (Wildman–Crippen MR) is 86.4 cm³/mol. The first kappa shape index (κ1) is 14.7. The van der Waals surface area contributed by atoms with Crippen molar-refractivity contribution in [3.63, 3.8) is 0 Å². The number of rotatable bonds is 6. The van der Waals surface area contributed by atoms with Gasteiger partial charge in [-0.1, -0.05) is 6.07 Å². The van der Waals surface area contributed by atoms with E-state index in [1.54, 1.807) is 0 Å². The fourth-order valence-electron chi connectivity index (χ4n) is 2.31. The molecule has 0 amide bonds. The third-order valence-electron chi connectivity index (χ3n) is 3.27. The van der Waals surface area contributed by atoms with Crippen LogP contribution in [-0.4, -0.2) is 21.6 Å². The van der Waals surface area contributed by atoms with E-state index in [0.29, 0.717) is 0 Å². The zero-order chi connectivity index (χ0) is 13.8. The third-order valence-corrected chi connectivity index (χ3v) is 4.16. The molecule has 2 aromatic rings. The fraction of sp³-hybridized carbons (Fsp3) is 0.533. The van der Waals surface area contributed by atoms with Crippen LogP contribution >= 0.6 is 23.4 Å². The van der Waals surface area contributed by atoms with Crippen LogP contribution in [0.1, 0.15) is 36.5 Å². The molecule has 1 aromatic carbocycles. The number of unbranched alkanes of at least 4 members (excludes halogenated alkanes) is 1. The summed E-state index contributed by atoms with van der Waals surface area (Å²) in [4.78, 5) is 4.68. The van der Waals surface area contributed by atoms with Gasteiger partial charge in [-0.2, -0.15) is 11.8 Å². The lowest BCUT2D eigenvalue weighted by molar-refractivity contribution is 0.619. The zero-order valence-corrected chi connectivity index (χ0v) is 13.4. The number of halogens is 1. The molecule has 104 valence electrons. The van der Waals surface area contributed by atoms with Gasteiger partial charge in [-0.3, -0.25) is 0 Å². The fourth-order valence-corrected chi connectivity index (χ4v) is 2.97. The van der Waals surface area contributed by atoms with E-state index in [-0.39, 0.29) is 5.38 Å². The molecule has 4 heteroatoms. The molecular weight excluding hydrogens is 276 g/mol. The van der Waals surface area contributed by atoms with E-state index in [9.17, 15) is 0 Å². The van der Waals surface area contributed by atoms with Crippen LogP contribution in [0.3, 0.4) is 0 Å². The summed E-state index contributed by atoms with van der Waals surface area (Å²) in [7, 11) is 0. The Balaban J connectivity index is 2.31. The quantitative estimate of drug-likeness (QED) is 0.563. The first-order valence-electron chi connectivity index (χ1n) is 6.73. The first-order chi connectivity index (χ1) is 9.13. The predicted octanol–water partition coefficient (Wildman–Crippen LogP) is 4.79. The molecule has 0 saturated heterocycles. The molecule has 0 N–H and O–H groups in total. The largest absolute Gasteiger partial charge is 0.327 e. The van der Waals surface area contributed by atoms with Crippen molar-refractivity contribution in [2.45, 2.75) is 38.6 Å². The molecule has 0 saturated carbocycles. The summed E-state index contributed by atoms with van der Waals surface area (Å²) >= 11 is 8.18. The van der Waals surface area contributed by atoms with Crippen molar-refractivity contribution in [2.75, 3.05) is 12.0 Å². The number of alkyl halides is 1. The lowest BCUT2D eigenvalue weighted by atomic mass is 10.2. The molecule has 0 radical (unpaired) electrons. The highest BCUT2D eigenvalue weighted by Crippen LogP contribution is 2.25. The highest BCUT2D eigenvalue weighted by atomic mass is 35.5. The van der Waals surface area contributed by atoms with Crippen LogP contribution in [0, 0.1) is 6.92 Å². The molecule has 1 aromatic heterocycles. The van der Waals surface area contributed by atoms with E-state index in [4.69, 9.17) is 11.6 Å². The van der Waals surface area contributed by atoms with Gasteiger partial charge in [0.2, 0.25) is 0 Å². The highest BCUT2D eigenvalue weighted by Gasteiger charge is 2.14. The Morgan fingerprint density at radius 2 is 2.16 bits per heavy atom. The van der Waals surface area contributed by atoms with Gasteiger partial charge in [0.25, 0.3) is 0 Å². The topological polar surface area (TPSA) is 17.8 Å². The van der Waals surface area contributed by atoms with Crippen LogP contribution in [0.2, 0.25) is 0 Å². The molecule has 0 aliphatic carbocycles. The van der Waals surface area contributed by atoms with Crippen LogP contribution in [0.4, 0.5) is 0 Å². The van der Waals surface area contributed by atoms with Gasteiger partial charge in [-0.25, -0.2) is 4.98 Å². The van der Waals surface area contributed by atoms with Crippen molar-refractivity contribution in [3.05, 3.63) is 29.6 Å². The van der Waals surface area contributed by atoms with Crippen LogP contribution in [0.25, 0.3) is 11.0 Å². The van der Waals surface area contributed by atoms with Gasteiger partial charge < -0.3 is 4.57 Å². The molecular formula is C15H21ClN2S. The van der Waals surface area contributed by atoms with Crippen molar-refractivity contribution in [3.8, 4) is 0 Å². The normalized spacial score (nSPS) is 13.1. The number of hydrogen-bond donors (Lipinski definition) is 0. The number of aryl methyl sites for hydroxylation is 2. The molecule has 0 spiro atoms. The third kappa shape index (κ3) is 3.46. The summed E-state index contributed by atoms with van der Waals surface area (Å²) in [5, 5.41) is -0.0479. The molecule has 19 heavy (non-hydrogen) atoms. The number of imidazole rings is 1. The molecule has 2 nitrogen and oxygen atoms in total. The average Bonchev–Trinajstić information content (AvgIpc) is 2.73. The van der Waals surface area contributed by atoms with Crippen molar-refractivity contribution in [1.29, 1.82) is 0 Å². The second-order valence-electron chi connectivity index (χ2n) is 4.93. The lowest BCUT2D eigenvalue weighted by Crippen LogP contribution is -2.05. The Hall–Kier alpha value is -0.670. The monoisotopic (exact) mass is 296 g/mol. The molecule has 1 heterocycles. The summed E-state index contributed by atoms with van der Waals surface area (Å²) in [6.07, 6.45) is 4.57. The maximum absolute atomic E-state index is 6.27. The van der Waals surface area contributed by atoms with Gasteiger partial charge >= 0.3 is 0 Å². The Kier molecular flexibility index (Phi) is 5.17. The molecule has 0 aliphatic heterocycles. The molecule has 1 atom stereocenters. The van der Waals surface area contributed by atoms with E-state index in [2.05, 4.69) is 40.9 Å². The van der Waals surface area contributed by atoms with Crippen molar-refractivity contribution < 1.29 is 0 Å². The van der Waals surface area contributed by atoms with E-state index in [0.717, 1.165) is 17.9 Å². The summed E-state index contributed by atoms with van der Waals surface area (Å²) in [5.41, 5.74) is 3.54. The zero-order valence-electron chi connectivity index (χ0n) is 11.8. The average molecular weight is 297 g/mol. The van der Waals surface area contributed by atoms with Gasteiger partial charge in [-0.15, -0.1) is 11.6 Å². The lowest BCUT2D eigenvalue weighted by Gasteiger charge is -2.10. The van der Waals surface area contributed by atoms with Crippen molar-refractivity contribution >= 4 is 34.4 Å². The minimum atomic E-state index is -0.0479. The van der Waals surface area contributed by atoms with E-state index in [1.807, 2.05) is 18.7 Å². The smallest absolute Gasteiger partial charge is 0.127 e. The van der Waals surface area contributed by atoms with Crippen LogP contribution < -0.4 is 0 Å². The SMILES string of the molecule is CSCCCCn1c(C(C)Cl)nc2ccc(C)cc21. The van der Waals surface area contributed by atoms with Gasteiger partial charge in [0, 0.05) is 6.54 Å². The summed E-state index contributed by atoms with van der Waals surface area (Å²) in [6, 6.07) is 6.40. The minimum Gasteiger partial charge on any atom is -0.327 e. The van der Waals surface area contributed by atoms with Gasteiger partial charge in [0.1, 0.15) is 5.82 Å². The van der Waals surface area contributed by atoms with Crippen LogP contribution in [0.15, 0.2) is 18.2 Å². The first-order valence-corrected chi connectivity index (χ1v) is 8.56. The van der Waals surface area contributed by atoms with Crippen molar-refractivity contribution in [2.24, 2.45) is 0 Å². The van der Waals surface area contributed by atoms with Gasteiger partial charge in [-0.05, 0) is 56.4 Å². The molecule has 2 rings (SSSR count). The van der Waals surface area contributed by atoms with Crippen molar-refractivity contribution in [1.82, 2.24) is 9.55 Å². The maximum Gasteiger partial charge on any atom is 0.127 e. The minimum absolute atomic E-state index is 0.0479. The number of thioether (sulfide) groups is 1. The highest BCUT2D eigenvalue weighted by molar-refractivity contribution is 7.98. The number of nitrogens with zero attached hydrogens (tertiary/aromatic N) is 2. The van der Waals surface area contributed by atoms with Crippen LogP contribution in [-0.2, 0) is 6.54 Å².